The van der Waals surface area contributed by atoms with Gasteiger partial charge in [0.05, 0.1) is 11.6 Å². The number of halogens is 1. The maximum atomic E-state index is 5.81. The van der Waals surface area contributed by atoms with Crippen LogP contribution in [0.1, 0.15) is 11.1 Å². The Bertz CT molecular complexity index is 529. The average Bonchev–Trinajstić information content (AvgIpc) is 2.32. The summed E-state index contributed by atoms with van der Waals surface area (Å²) in [6.07, 6.45) is 2.46. The van der Waals surface area contributed by atoms with Gasteiger partial charge in [-0.25, -0.2) is 4.98 Å². The monoisotopic (exact) mass is 292 g/mol. The van der Waals surface area contributed by atoms with Crippen LogP contribution in [-0.2, 0) is 6.42 Å². The Hall–Kier alpha value is -1.55. The van der Waals surface area contributed by atoms with E-state index in [2.05, 4.69) is 20.9 Å². The van der Waals surface area contributed by atoms with E-state index in [0.29, 0.717) is 5.82 Å². The lowest BCUT2D eigenvalue weighted by molar-refractivity contribution is 0.412. The third kappa shape index (κ3) is 2.77. The third-order valence-corrected chi connectivity index (χ3v) is 3.16. The molecule has 0 aliphatic carbocycles. The Morgan fingerprint density at radius 2 is 2.18 bits per heavy atom. The first-order valence-corrected chi connectivity index (χ1v) is 6.02. The first-order valence-electron chi connectivity index (χ1n) is 5.22. The number of benzene rings is 1. The highest BCUT2D eigenvalue weighted by Crippen LogP contribution is 2.26. The maximum Gasteiger partial charge on any atom is 0.133 e. The number of nitrogens with zero attached hydrogens (tertiary/aromatic N) is 1. The number of methoxy groups -OCH3 is 1. The molecule has 88 valence electrons. The molecule has 1 aromatic carbocycles. The molecule has 1 heterocycles. The second-order valence-corrected chi connectivity index (χ2v) is 4.55. The van der Waals surface area contributed by atoms with Crippen LogP contribution in [0.5, 0.6) is 5.75 Å². The van der Waals surface area contributed by atoms with Crippen molar-refractivity contribution >= 4 is 21.7 Å². The van der Waals surface area contributed by atoms with Crippen LogP contribution in [0.3, 0.4) is 0 Å². The van der Waals surface area contributed by atoms with Gasteiger partial charge in [0, 0.05) is 12.6 Å². The molecule has 2 aromatic rings. The molecule has 0 aliphatic rings. The van der Waals surface area contributed by atoms with Crippen molar-refractivity contribution < 1.29 is 4.74 Å². The minimum atomic E-state index is 0.583. The predicted molar refractivity (Wildman–Crippen MR) is 72.1 cm³/mol. The first kappa shape index (κ1) is 11.9. The number of pyridine rings is 1. The SMILES string of the molecule is COc1ccc(Cc2cccnc2N)cc1Br. The standard InChI is InChI=1S/C13H13BrN2O/c1-17-12-5-4-9(8-11(12)14)7-10-3-2-6-16-13(10)15/h2-6,8H,7H2,1H3,(H2,15,16). The van der Waals surface area contributed by atoms with Gasteiger partial charge in [-0.1, -0.05) is 12.1 Å². The van der Waals surface area contributed by atoms with Crippen molar-refractivity contribution in [1.29, 1.82) is 0 Å². The van der Waals surface area contributed by atoms with Crippen LogP contribution in [0.2, 0.25) is 0 Å². The molecule has 0 aliphatic heterocycles. The number of hydrogen-bond acceptors (Lipinski definition) is 3. The molecule has 0 atom stereocenters. The second kappa shape index (κ2) is 5.19. The molecule has 0 unspecified atom stereocenters. The van der Waals surface area contributed by atoms with Gasteiger partial charge in [0.25, 0.3) is 0 Å². The van der Waals surface area contributed by atoms with E-state index in [4.69, 9.17) is 10.5 Å². The van der Waals surface area contributed by atoms with Crippen molar-refractivity contribution in [3.63, 3.8) is 0 Å². The summed E-state index contributed by atoms with van der Waals surface area (Å²) in [5.41, 5.74) is 8.01. The largest absolute Gasteiger partial charge is 0.496 e. The van der Waals surface area contributed by atoms with E-state index >= 15 is 0 Å². The Morgan fingerprint density at radius 1 is 1.35 bits per heavy atom. The molecular weight excluding hydrogens is 280 g/mol. The van der Waals surface area contributed by atoms with Gasteiger partial charge in [-0.3, -0.25) is 0 Å². The van der Waals surface area contributed by atoms with Gasteiger partial charge < -0.3 is 10.5 Å². The van der Waals surface area contributed by atoms with Gasteiger partial charge in [0.1, 0.15) is 11.6 Å². The van der Waals surface area contributed by atoms with Gasteiger partial charge in [-0.05, 0) is 45.3 Å². The van der Waals surface area contributed by atoms with Crippen LogP contribution < -0.4 is 10.5 Å². The van der Waals surface area contributed by atoms with Crippen molar-refractivity contribution in [2.75, 3.05) is 12.8 Å². The van der Waals surface area contributed by atoms with E-state index in [1.165, 1.54) is 0 Å². The second-order valence-electron chi connectivity index (χ2n) is 3.69. The number of nitrogens with two attached hydrogens (primary N) is 1. The van der Waals surface area contributed by atoms with Crippen LogP contribution in [0.25, 0.3) is 0 Å². The summed E-state index contributed by atoms with van der Waals surface area (Å²) < 4.78 is 6.13. The van der Waals surface area contributed by atoms with Gasteiger partial charge >= 0.3 is 0 Å². The summed E-state index contributed by atoms with van der Waals surface area (Å²) in [6, 6.07) is 9.87. The fourth-order valence-electron chi connectivity index (χ4n) is 1.64. The molecule has 3 nitrogen and oxygen atoms in total. The van der Waals surface area contributed by atoms with Crippen molar-refractivity contribution in [2.24, 2.45) is 0 Å². The number of nitrogen functional groups attached to an aromatic ring is 1. The lowest BCUT2D eigenvalue weighted by Gasteiger charge is -2.07. The number of rotatable bonds is 3. The van der Waals surface area contributed by atoms with Crippen LogP contribution in [0, 0.1) is 0 Å². The fourth-order valence-corrected chi connectivity index (χ4v) is 2.23. The molecule has 4 heteroatoms. The van der Waals surface area contributed by atoms with Gasteiger partial charge in [0.2, 0.25) is 0 Å². The average molecular weight is 293 g/mol. The minimum Gasteiger partial charge on any atom is -0.496 e. The maximum absolute atomic E-state index is 5.81. The topological polar surface area (TPSA) is 48.1 Å². The molecule has 0 saturated heterocycles. The molecule has 0 spiro atoms. The van der Waals surface area contributed by atoms with Crippen molar-refractivity contribution in [3.05, 3.63) is 52.1 Å². The highest BCUT2D eigenvalue weighted by Gasteiger charge is 2.04. The highest BCUT2D eigenvalue weighted by molar-refractivity contribution is 9.10. The smallest absolute Gasteiger partial charge is 0.133 e. The van der Waals surface area contributed by atoms with E-state index in [0.717, 1.165) is 27.8 Å². The van der Waals surface area contributed by atoms with E-state index < -0.39 is 0 Å². The van der Waals surface area contributed by atoms with Crippen LogP contribution in [0.15, 0.2) is 41.0 Å². The molecule has 1 aromatic heterocycles. The zero-order valence-electron chi connectivity index (χ0n) is 9.48. The molecule has 2 N–H and O–H groups in total. The predicted octanol–water partition coefficient (Wildman–Crippen LogP) is 3.03. The lowest BCUT2D eigenvalue weighted by Crippen LogP contribution is -1.98. The van der Waals surface area contributed by atoms with E-state index in [1.807, 2.05) is 30.3 Å². The number of anilines is 1. The Balaban J connectivity index is 2.25. The molecule has 0 radical (unpaired) electrons. The summed E-state index contributed by atoms with van der Waals surface area (Å²) in [4.78, 5) is 4.07. The zero-order chi connectivity index (χ0) is 12.3. The van der Waals surface area contributed by atoms with Gasteiger partial charge in [-0.15, -0.1) is 0 Å². The van der Waals surface area contributed by atoms with Crippen molar-refractivity contribution in [1.82, 2.24) is 4.98 Å². The van der Waals surface area contributed by atoms with Crippen LogP contribution in [-0.4, -0.2) is 12.1 Å². The van der Waals surface area contributed by atoms with Crippen LogP contribution >= 0.6 is 15.9 Å². The third-order valence-electron chi connectivity index (χ3n) is 2.54. The quantitative estimate of drug-likeness (QED) is 0.946. The first-order chi connectivity index (χ1) is 8.20. The van der Waals surface area contributed by atoms with E-state index in [-0.39, 0.29) is 0 Å². The number of hydrogen-bond donors (Lipinski definition) is 1. The summed E-state index contributed by atoms with van der Waals surface area (Å²) in [6.45, 7) is 0. The van der Waals surface area contributed by atoms with E-state index in [1.54, 1.807) is 13.3 Å². The minimum absolute atomic E-state index is 0.583. The number of aromatic nitrogens is 1. The summed E-state index contributed by atoms with van der Waals surface area (Å²) in [5.74, 6) is 1.41. The Morgan fingerprint density at radius 3 is 2.82 bits per heavy atom. The highest BCUT2D eigenvalue weighted by atomic mass is 79.9. The molecule has 0 saturated carbocycles. The fraction of sp³-hybridized carbons (Fsp3) is 0.154. The van der Waals surface area contributed by atoms with Crippen LogP contribution in [0.4, 0.5) is 5.82 Å². The van der Waals surface area contributed by atoms with Gasteiger partial charge in [-0.2, -0.15) is 0 Å². The summed E-state index contributed by atoms with van der Waals surface area (Å²) >= 11 is 3.47. The van der Waals surface area contributed by atoms with E-state index in [9.17, 15) is 0 Å². The normalized spacial score (nSPS) is 10.2. The zero-order valence-corrected chi connectivity index (χ0v) is 11.1. The van der Waals surface area contributed by atoms with Crippen molar-refractivity contribution in [3.8, 4) is 5.75 Å². The lowest BCUT2D eigenvalue weighted by atomic mass is 10.1. The molecule has 0 amide bonds. The summed E-state index contributed by atoms with van der Waals surface area (Å²) in [7, 11) is 1.65. The molecule has 2 rings (SSSR count). The number of ether oxygens (including phenoxy) is 1. The molecule has 0 fully saturated rings. The Kier molecular flexibility index (Phi) is 3.64. The van der Waals surface area contributed by atoms with Gasteiger partial charge in [0.15, 0.2) is 0 Å². The molecule has 0 bridgehead atoms. The Labute approximate surface area is 109 Å². The summed E-state index contributed by atoms with van der Waals surface area (Å²) in [5, 5.41) is 0. The molecular formula is C13H13BrN2O. The van der Waals surface area contributed by atoms with Crippen molar-refractivity contribution in [2.45, 2.75) is 6.42 Å². The molecule has 17 heavy (non-hydrogen) atoms.